The minimum Gasteiger partial charge on any atom is -0.335 e. The van der Waals surface area contributed by atoms with Crippen LogP contribution in [0.5, 0.6) is 0 Å². The fraction of sp³-hybridized carbons (Fsp3) is 0.500. The average Bonchev–Trinajstić information content (AvgIpc) is 3.11. The number of nitrogens with zero attached hydrogens (tertiary/aromatic N) is 2. The van der Waals surface area contributed by atoms with Crippen molar-refractivity contribution in [1.29, 1.82) is 0 Å². The molecule has 2 aliphatic rings. The standard InChI is InChI=1S/C18H23N3/c1-2-21-10-9-20-16(21)11-15(19)18-14-8-7-12-5-3-4-6-13(12)17(14)18/h3-6,9-10,14-15,17-18H,2,7-8,11,19H2,1H3. The summed E-state index contributed by atoms with van der Waals surface area (Å²) in [5.74, 6) is 3.30. The summed E-state index contributed by atoms with van der Waals surface area (Å²) in [6.07, 6.45) is 7.38. The van der Waals surface area contributed by atoms with E-state index in [1.54, 1.807) is 11.1 Å². The lowest BCUT2D eigenvalue weighted by molar-refractivity contribution is 0.511. The lowest BCUT2D eigenvalue weighted by atomic mass is 9.92. The molecule has 4 rings (SSSR count). The lowest BCUT2D eigenvalue weighted by Crippen LogP contribution is -2.28. The van der Waals surface area contributed by atoms with Crippen molar-refractivity contribution in [2.45, 2.75) is 44.7 Å². The zero-order valence-corrected chi connectivity index (χ0v) is 12.6. The number of aryl methyl sites for hydroxylation is 2. The Hall–Kier alpha value is -1.61. The maximum atomic E-state index is 6.56. The van der Waals surface area contributed by atoms with Crippen molar-refractivity contribution in [3.05, 3.63) is 53.6 Å². The number of aromatic nitrogens is 2. The third-order valence-corrected chi connectivity index (χ3v) is 5.45. The van der Waals surface area contributed by atoms with E-state index in [1.165, 1.54) is 12.8 Å². The second-order valence-corrected chi connectivity index (χ2v) is 6.50. The van der Waals surface area contributed by atoms with Gasteiger partial charge in [-0.3, -0.25) is 0 Å². The first kappa shape index (κ1) is 13.1. The molecule has 21 heavy (non-hydrogen) atoms. The Labute approximate surface area is 126 Å². The molecule has 1 aromatic heterocycles. The fourth-order valence-corrected chi connectivity index (χ4v) is 4.37. The van der Waals surface area contributed by atoms with E-state index in [1.807, 2.05) is 6.20 Å². The second kappa shape index (κ2) is 4.99. The van der Waals surface area contributed by atoms with Crippen LogP contribution in [0.15, 0.2) is 36.7 Å². The summed E-state index contributed by atoms with van der Waals surface area (Å²) in [5.41, 5.74) is 9.67. The van der Waals surface area contributed by atoms with Crippen molar-refractivity contribution >= 4 is 0 Å². The Morgan fingerprint density at radius 2 is 2.24 bits per heavy atom. The van der Waals surface area contributed by atoms with Crippen molar-refractivity contribution < 1.29 is 0 Å². The first-order chi connectivity index (χ1) is 10.3. The zero-order valence-electron chi connectivity index (χ0n) is 12.6. The third kappa shape index (κ3) is 2.11. The number of rotatable bonds is 4. The molecule has 4 unspecified atom stereocenters. The minimum atomic E-state index is 0.235. The summed E-state index contributed by atoms with van der Waals surface area (Å²) < 4.78 is 2.21. The van der Waals surface area contributed by atoms with Gasteiger partial charge in [0.2, 0.25) is 0 Å². The van der Waals surface area contributed by atoms with Crippen LogP contribution in [0.3, 0.4) is 0 Å². The van der Waals surface area contributed by atoms with Gasteiger partial charge in [0.15, 0.2) is 0 Å². The van der Waals surface area contributed by atoms with Crippen LogP contribution in [-0.4, -0.2) is 15.6 Å². The summed E-state index contributed by atoms with van der Waals surface area (Å²) in [5, 5.41) is 0. The highest BCUT2D eigenvalue weighted by atomic mass is 15.1. The van der Waals surface area contributed by atoms with E-state index >= 15 is 0 Å². The molecule has 4 atom stereocenters. The summed E-state index contributed by atoms with van der Waals surface area (Å²) >= 11 is 0. The van der Waals surface area contributed by atoms with Crippen LogP contribution in [0.25, 0.3) is 0 Å². The Bertz CT molecular complexity index is 645. The predicted octanol–water partition coefficient (Wildman–Crippen LogP) is 2.75. The van der Waals surface area contributed by atoms with Gasteiger partial charge in [0.1, 0.15) is 5.82 Å². The van der Waals surface area contributed by atoms with Crippen molar-refractivity contribution in [2.24, 2.45) is 17.6 Å². The van der Waals surface area contributed by atoms with E-state index < -0.39 is 0 Å². The number of nitrogens with two attached hydrogens (primary N) is 1. The molecule has 1 aromatic carbocycles. The smallest absolute Gasteiger partial charge is 0.110 e. The van der Waals surface area contributed by atoms with Crippen LogP contribution >= 0.6 is 0 Å². The summed E-state index contributed by atoms with van der Waals surface area (Å²) in [7, 11) is 0. The predicted molar refractivity (Wildman–Crippen MR) is 84.1 cm³/mol. The Balaban J connectivity index is 1.52. The Morgan fingerprint density at radius 3 is 3.10 bits per heavy atom. The highest BCUT2D eigenvalue weighted by Gasteiger charge is 2.55. The maximum absolute atomic E-state index is 6.56. The first-order valence-corrected chi connectivity index (χ1v) is 8.13. The summed E-state index contributed by atoms with van der Waals surface area (Å²) in [6, 6.07) is 9.17. The van der Waals surface area contributed by atoms with Gasteiger partial charge in [-0.2, -0.15) is 0 Å². The molecule has 2 N–H and O–H groups in total. The van der Waals surface area contributed by atoms with E-state index in [0.29, 0.717) is 11.8 Å². The molecular weight excluding hydrogens is 258 g/mol. The van der Waals surface area contributed by atoms with E-state index in [2.05, 4.69) is 46.9 Å². The molecule has 1 heterocycles. The number of benzene rings is 1. The van der Waals surface area contributed by atoms with E-state index in [0.717, 1.165) is 24.7 Å². The van der Waals surface area contributed by atoms with Gasteiger partial charge in [-0.25, -0.2) is 4.98 Å². The van der Waals surface area contributed by atoms with Gasteiger partial charge < -0.3 is 10.3 Å². The molecule has 3 heteroatoms. The van der Waals surface area contributed by atoms with Gasteiger partial charge >= 0.3 is 0 Å². The molecule has 0 amide bonds. The van der Waals surface area contributed by atoms with Gasteiger partial charge in [0.05, 0.1) is 0 Å². The van der Waals surface area contributed by atoms with Gasteiger partial charge in [-0.05, 0) is 48.6 Å². The van der Waals surface area contributed by atoms with Crippen LogP contribution in [0.4, 0.5) is 0 Å². The van der Waals surface area contributed by atoms with Gasteiger partial charge in [-0.15, -0.1) is 0 Å². The molecule has 2 aromatic rings. The number of imidazole rings is 1. The molecular formula is C18H23N3. The largest absolute Gasteiger partial charge is 0.335 e. The number of hydrogen-bond acceptors (Lipinski definition) is 2. The first-order valence-electron chi connectivity index (χ1n) is 8.13. The molecule has 0 saturated heterocycles. The molecule has 0 aliphatic heterocycles. The second-order valence-electron chi connectivity index (χ2n) is 6.50. The van der Waals surface area contributed by atoms with E-state index in [4.69, 9.17) is 5.73 Å². The van der Waals surface area contributed by atoms with Crippen molar-refractivity contribution in [3.63, 3.8) is 0 Å². The molecule has 3 nitrogen and oxygen atoms in total. The molecule has 1 saturated carbocycles. The molecule has 2 aliphatic carbocycles. The van der Waals surface area contributed by atoms with Crippen molar-refractivity contribution in [2.75, 3.05) is 0 Å². The van der Waals surface area contributed by atoms with Gasteiger partial charge in [-0.1, -0.05) is 24.3 Å². The Morgan fingerprint density at radius 1 is 1.38 bits per heavy atom. The molecule has 1 fully saturated rings. The van der Waals surface area contributed by atoms with Crippen LogP contribution in [0.1, 0.15) is 36.2 Å². The van der Waals surface area contributed by atoms with Gasteiger partial charge in [0.25, 0.3) is 0 Å². The summed E-state index contributed by atoms with van der Waals surface area (Å²) in [6.45, 7) is 3.13. The monoisotopic (exact) mass is 281 g/mol. The molecule has 0 radical (unpaired) electrons. The molecule has 0 spiro atoms. The molecule has 110 valence electrons. The zero-order chi connectivity index (χ0) is 14.4. The summed E-state index contributed by atoms with van der Waals surface area (Å²) in [4.78, 5) is 4.48. The molecule has 0 bridgehead atoms. The van der Waals surface area contributed by atoms with E-state index in [9.17, 15) is 0 Å². The maximum Gasteiger partial charge on any atom is 0.110 e. The van der Waals surface area contributed by atoms with Crippen LogP contribution in [0.2, 0.25) is 0 Å². The third-order valence-electron chi connectivity index (χ3n) is 5.45. The number of fused-ring (bicyclic) bond motifs is 3. The Kier molecular flexibility index (Phi) is 3.11. The van der Waals surface area contributed by atoms with Crippen LogP contribution in [-0.2, 0) is 19.4 Å². The van der Waals surface area contributed by atoms with Crippen molar-refractivity contribution in [3.8, 4) is 0 Å². The highest BCUT2D eigenvalue weighted by molar-refractivity contribution is 5.40. The van der Waals surface area contributed by atoms with E-state index in [-0.39, 0.29) is 6.04 Å². The topological polar surface area (TPSA) is 43.8 Å². The normalized spacial score (nSPS) is 27.8. The fourth-order valence-electron chi connectivity index (χ4n) is 4.37. The minimum absolute atomic E-state index is 0.235. The van der Waals surface area contributed by atoms with Gasteiger partial charge in [0, 0.05) is 31.4 Å². The van der Waals surface area contributed by atoms with Crippen LogP contribution < -0.4 is 5.73 Å². The highest BCUT2D eigenvalue weighted by Crippen LogP contribution is 2.61. The lowest BCUT2D eigenvalue weighted by Gasteiger charge is -2.14. The quantitative estimate of drug-likeness (QED) is 0.936. The van der Waals surface area contributed by atoms with Crippen LogP contribution in [0, 0.1) is 11.8 Å². The SMILES string of the molecule is CCn1ccnc1CC(N)C1C2CCc3ccccc3C21. The number of hydrogen-bond donors (Lipinski definition) is 1. The average molecular weight is 281 g/mol. The van der Waals surface area contributed by atoms with Crippen molar-refractivity contribution in [1.82, 2.24) is 9.55 Å².